The fourth-order valence-corrected chi connectivity index (χ4v) is 3.17. The Balaban J connectivity index is 2.11. The molecule has 1 aliphatic heterocycles. The van der Waals surface area contributed by atoms with E-state index in [0.717, 1.165) is 12.8 Å². The molecule has 21 heavy (non-hydrogen) atoms. The summed E-state index contributed by atoms with van der Waals surface area (Å²) in [5.41, 5.74) is 0.435. The quantitative estimate of drug-likeness (QED) is 0.926. The Morgan fingerprint density at radius 1 is 1.33 bits per heavy atom. The average molecular weight is 331 g/mol. The molecule has 1 aromatic rings. The van der Waals surface area contributed by atoms with E-state index in [9.17, 15) is 9.90 Å². The Morgan fingerprint density at radius 3 is 2.52 bits per heavy atom. The molecule has 0 radical (unpaired) electrons. The second kappa shape index (κ2) is 6.97. The fourth-order valence-electron chi connectivity index (χ4n) is 2.62. The zero-order valence-electron chi connectivity index (χ0n) is 12.2. The van der Waals surface area contributed by atoms with Crippen molar-refractivity contribution in [2.75, 3.05) is 27.2 Å². The van der Waals surface area contributed by atoms with Gasteiger partial charge in [0.15, 0.2) is 6.10 Å². The molecule has 2 atom stereocenters. The third-order valence-corrected chi connectivity index (χ3v) is 4.31. The molecule has 1 amide bonds. The van der Waals surface area contributed by atoms with E-state index < -0.39 is 6.10 Å². The minimum absolute atomic E-state index is 0.292. The molecule has 0 bridgehead atoms. The van der Waals surface area contributed by atoms with E-state index in [1.165, 1.54) is 0 Å². The second-order valence-electron chi connectivity index (χ2n) is 5.65. The van der Waals surface area contributed by atoms with Crippen molar-refractivity contribution >= 4 is 29.1 Å². The molecule has 1 fully saturated rings. The van der Waals surface area contributed by atoms with E-state index in [1.807, 2.05) is 14.1 Å². The van der Waals surface area contributed by atoms with Crippen LogP contribution in [0.15, 0.2) is 18.2 Å². The third kappa shape index (κ3) is 4.10. The number of likely N-dealkylation sites (N-methyl/N-ethyl adjacent to an activating group) is 1. The molecular formula is C15H20Cl2N2O2. The van der Waals surface area contributed by atoms with Gasteiger partial charge in [-0.05, 0) is 50.7 Å². The molecule has 1 aliphatic rings. The Morgan fingerprint density at radius 2 is 1.95 bits per heavy atom. The summed E-state index contributed by atoms with van der Waals surface area (Å²) in [7, 11) is 4.01. The van der Waals surface area contributed by atoms with E-state index in [-0.39, 0.29) is 5.91 Å². The summed E-state index contributed by atoms with van der Waals surface area (Å²) in [6, 6.07) is 5.05. The van der Waals surface area contributed by atoms with Gasteiger partial charge in [0.25, 0.3) is 5.91 Å². The summed E-state index contributed by atoms with van der Waals surface area (Å²) >= 11 is 11.8. The van der Waals surface area contributed by atoms with Crippen LogP contribution in [-0.2, 0) is 4.79 Å². The molecule has 116 valence electrons. The first-order valence-electron chi connectivity index (χ1n) is 6.97. The van der Waals surface area contributed by atoms with E-state index in [0.29, 0.717) is 34.7 Å². The van der Waals surface area contributed by atoms with E-state index in [4.69, 9.17) is 23.2 Å². The molecule has 1 aromatic carbocycles. The topological polar surface area (TPSA) is 43.8 Å². The van der Waals surface area contributed by atoms with Gasteiger partial charge in [-0.3, -0.25) is 4.79 Å². The number of aliphatic hydroxyl groups excluding tert-OH is 1. The maximum absolute atomic E-state index is 12.5. The Kier molecular flexibility index (Phi) is 5.49. The van der Waals surface area contributed by atoms with Crippen LogP contribution in [0.2, 0.25) is 10.0 Å². The number of nitrogens with zero attached hydrogens (tertiary/aromatic N) is 2. The lowest BCUT2D eigenvalue weighted by atomic mass is 10.0. The summed E-state index contributed by atoms with van der Waals surface area (Å²) in [4.78, 5) is 16.3. The highest BCUT2D eigenvalue weighted by atomic mass is 35.5. The number of likely N-dealkylation sites (tertiary alicyclic amines) is 1. The molecule has 0 saturated carbocycles. The number of rotatable bonds is 3. The Bertz CT molecular complexity index is 502. The van der Waals surface area contributed by atoms with Crippen molar-refractivity contribution in [3.05, 3.63) is 33.8 Å². The van der Waals surface area contributed by atoms with Crippen LogP contribution in [0.3, 0.4) is 0 Å². The third-order valence-electron chi connectivity index (χ3n) is 3.87. The van der Waals surface area contributed by atoms with Crippen LogP contribution in [0, 0.1) is 0 Å². The SMILES string of the molecule is CN(C)C1CCCN(C(=O)C(O)c2cc(Cl)cc(Cl)c2)C1. The summed E-state index contributed by atoms with van der Waals surface area (Å²) in [5.74, 6) is -0.292. The number of piperidine rings is 1. The summed E-state index contributed by atoms with van der Waals surface area (Å²) in [6.45, 7) is 1.31. The maximum atomic E-state index is 12.5. The Hall–Kier alpha value is -0.810. The van der Waals surface area contributed by atoms with Crippen LogP contribution >= 0.6 is 23.2 Å². The van der Waals surface area contributed by atoms with Gasteiger partial charge in [-0.25, -0.2) is 0 Å². The second-order valence-corrected chi connectivity index (χ2v) is 6.52. The Labute approximate surface area is 135 Å². The van der Waals surface area contributed by atoms with Crippen molar-refractivity contribution in [2.45, 2.75) is 25.0 Å². The molecule has 0 aromatic heterocycles. The van der Waals surface area contributed by atoms with Gasteiger partial charge in [0.05, 0.1) is 0 Å². The molecule has 1 saturated heterocycles. The number of hydrogen-bond donors (Lipinski definition) is 1. The number of carbonyl (C=O) groups excluding carboxylic acids is 1. The van der Waals surface area contributed by atoms with Crippen LogP contribution in [0.5, 0.6) is 0 Å². The van der Waals surface area contributed by atoms with Crippen molar-refractivity contribution < 1.29 is 9.90 Å². The maximum Gasteiger partial charge on any atom is 0.256 e. The van der Waals surface area contributed by atoms with E-state index in [1.54, 1.807) is 23.1 Å². The van der Waals surface area contributed by atoms with Crippen LogP contribution in [-0.4, -0.2) is 54.0 Å². The zero-order chi connectivity index (χ0) is 15.6. The first kappa shape index (κ1) is 16.6. The molecule has 0 aliphatic carbocycles. The van der Waals surface area contributed by atoms with Gasteiger partial charge in [0.1, 0.15) is 0 Å². The lowest BCUT2D eigenvalue weighted by Gasteiger charge is -2.37. The fraction of sp³-hybridized carbons (Fsp3) is 0.533. The standard InChI is InChI=1S/C15H20Cl2N2O2/c1-18(2)13-4-3-5-19(9-13)15(21)14(20)10-6-11(16)8-12(17)7-10/h6-8,13-14,20H,3-5,9H2,1-2H3. The zero-order valence-corrected chi connectivity index (χ0v) is 13.7. The normalized spacial score (nSPS) is 20.7. The molecule has 6 heteroatoms. The first-order valence-corrected chi connectivity index (χ1v) is 7.73. The molecule has 1 heterocycles. The lowest BCUT2D eigenvalue weighted by molar-refractivity contribution is -0.142. The summed E-state index contributed by atoms with van der Waals surface area (Å²) in [6.07, 6.45) is 0.787. The van der Waals surface area contributed by atoms with Gasteiger partial charge in [0, 0.05) is 29.2 Å². The number of hydrogen-bond acceptors (Lipinski definition) is 3. The van der Waals surface area contributed by atoms with Gasteiger partial charge < -0.3 is 14.9 Å². The van der Waals surface area contributed by atoms with Crippen LogP contribution < -0.4 is 0 Å². The summed E-state index contributed by atoms with van der Waals surface area (Å²) in [5, 5.41) is 11.1. The minimum Gasteiger partial charge on any atom is -0.378 e. The predicted octanol–water partition coefficient (Wildman–Crippen LogP) is 2.58. The smallest absolute Gasteiger partial charge is 0.256 e. The highest BCUT2D eigenvalue weighted by Gasteiger charge is 2.29. The van der Waals surface area contributed by atoms with E-state index >= 15 is 0 Å². The van der Waals surface area contributed by atoms with Crippen molar-refractivity contribution in [2.24, 2.45) is 0 Å². The molecule has 2 unspecified atom stereocenters. The van der Waals surface area contributed by atoms with Crippen molar-refractivity contribution in [1.29, 1.82) is 0 Å². The molecular weight excluding hydrogens is 311 g/mol. The number of benzene rings is 1. The van der Waals surface area contributed by atoms with Crippen LogP contribution in [0.1, 0.15) is 24.5 Å². The minimum atomic E-state index is -1.22. The largest absolute Gasteiger partial charge is 0.378 e. The van der Waals surface area contributed by atoms with Gasteiger partial charge in [-0.1, -0.05) is 23.2 Å². The number of amides is 1. The first-order chi connectivity index (χ1) is 9.88. The van der Waals surface area contributed by atoms with Crippen molar-refractivity contribution in [1.82, 2.24) is 9.80 Å². The number of halogens is 2. The van der Waals surface area contributed by atoms with E-state index in [2.05, 4.69) is 4.90 Å². The molecule has 0 spiro atoms. The number of aliphatic hydroxyl groups is 1. The lowest BCUT2D eigenvalue weighted by Crippen LogP contribution is -2.48. The number of carbonyl (C=O) groups is 1. The summed E-state index contributed by atoms with van der Waals surface area (Å²) < 4.78 is 0. The molecule has 1 N–H and O–H groups in total. The van der Waals surface area contributed by atoms with Crippen LogP contribution in [0.25, 0.3) is 0 Å². The van der Waals surface area contributed by atoms with Crippen molar-refractivity contribution in [3.8, 4) is 0 Å². The predicted molar refractivity (Wildman–Crippen MR) is 84.7 cm³/mol. The van der Waals surface area contributed by atoms with Crippen molar-refractivity contribution in [3.63, 3.8) is 0 Å². The highest BCUT2D eigenvalue weighted by molar-refractivity contribution is 6.34. The van der Waals surface area contributed by atoms with Gasteiger partial charge >= 0.3 is 0 Å². The van der Waals surface area contributed by atoms with Crippen LogP contribution in [0.4, 0.5) is 0 Å². The molecule has 2 rings (SSSR count). The van der Waals surface area contributed by atoms with Gasteiger partial charge in [0.2, 0.25) is 0 Å². The van der Waals surface area contributed by atoms with Gasteiger partial charge in [-0.2, -0.15) is 0 Å². The average Bonchev–Trinajstić information content (AvgIpc) is 2.44. The van der Waals surface area contributed by atoms with Gasteiger partial charge in [-0.15, -0.1) is 0 Å². The molecule has 4 nitrogen and oxygen atoms in total. The monoisotopic (exact) mass is 330 g/mol. The highest BCUT2D eigenvalue weighted by Crippen LogP contribution is 2.26.